The highest BCUT2D eigenvalue weighted by Gasteiger charge is 1.75. The Morgan fingerprint density at radius 1 is 0.733 bits per heavy atom. The molecule has 0 heterocycles. The molecule has 0 saturated carbocycles. The van der Waals surface area contributed by atoms with E-state index in [9.17, 15) is 9.59 Å². The van der Waals surface area contributed by atoms with Gasteiger partial charge in [-0.05, 0) is 27.7 Å². The summed E-state index contributed by atoms with van der Waals surface area (Å²) in [6.07, 6.45) is 5.54. The van der Waals surface area contributed by atoms with Crippen LogP contribution in [0.1, 0.15) is 67.2 Å². The van der Waals surface area contributed by atoms with Gasteiger partial charge >= 0.3 is 0 Å². The molecule has 0 unspecified atom stereocenters. The quantitative estimate of drug-likeness (QED) is 0.686. The fourth-order valence-corrected chi connectivity index (χ4v) is 0.500. The van der Waals surface area contributed by atoms with Crippen LogP contribution in [0.25, 0.3) is 0 Å². The highest BCUT2D eigenvalue weighted by Crippen LogP contribution is 1.95. The summed E-state index contributed by atoms with van der Waals surface area (Å²) in [7, 11) is 0. The predicted octanol–water partition coefficient (Wildman–Crippen LogP) is 2.95. The van der Waals surface area contributed by atoms with Crippen LogP contribution in [0.4, 0.5) is 0 Å². The molecular weight excluding hydrogens is 192 g/mol. The van der Waals surface area contributed by atoms with Crippen molar-refractivity contribution in [2.24, 2.45) is 0 Å². The second-order valence-electron chi connectivity index (χ2n) is 3.52. The van der Waals surface area contributed by atoms with Crippen molar-refractivity contribution >= 4 is 11.6 Å². The van der Waals surface area contributed by atoms with E-state index in [2.05, 4.69) is 13.8 Å². The van der Waals surface area contributed by atoms with Crippen LogP contribution in [0.3, 0.4) is 0 Å². The summed E-state index contributed by atoms with van der Waals surface area (Å²) >= 11 is 0. The van der Waals surface area contributed by atoms with Crippen LogP contribution in [-0.4, -0.2) is 17.0 Å². The van der Waals surface area contributed by atoms with Crippen molar-refractivity contribution in [2.45, 2.75) is 67.2 Å². The monoisotopic (exact) mass is 220 g/mol. The smallest absolute Gasteiger partial charge is 0.126 e. The molecule has 2 N–H and O–H groups in total. The third kappa shape index (κ3) is 321. The molecule has 0 saturated heterocycles. The maximum absolute atomic E-state index is 9.44. The lowest BCUT2D eigenvalue weighted by Gasteiger charge is -1.86. The molecular formula is C12H28O3. The minimum Gasteiger partial charge on any atom is -0.412 e. The van der Waals surface area contributed by atoms with E-state index in [4.69, 9.17) is 0 Å². The van der Waals surface area contributed by atoms with Gasteiger partial charge in [-0.25, -0.2) is 0 Å². The Morgan fingerprint density at radius 2 is 0.867 bits per heavy atom. The maximum Gasteiger partial charge on any atom is 0.126 e. The zero-order chi connectivity index (χ0) is 12.0. The van der Waals surface area contributed by atoms with Gasteiger partial charge in [0.15, 0.2) is 0 Å². The molecule has 0 aliphatic carbocycles. The minimum atomic E-state index is 0. The lowest BCUT2D eigenvalue weighted by atomic mass is 10.2. The first-order valence-corrected chi connectivity index (χ1v) is 5.32. The van der Waals surface area contributed by atoms with Gasteiger partial charge in [-0.2, -0.15) is 0 Å². The fourth-order valence-electron chi connectivity index (χ4n) is 0.500. The van der Waals surface area contributed by atoms with Crippen molar-refractivity contribution < 1.29 is 15.1 Å². The van der Waals surface area contributed by atoms with Gasteiger partial charge < -0.3 is 15.1 Å². The Bertz CT molecular complexity index is 107. The number of rotatable bonds is 3. The Hall–Kier alpha value is -0.700. The van der Waals surface area contributed by atoms with Gasteiger partial charge in [-0.1, -0.05) is 39.5 Å². The van der Waals surface area contributed by atoms with E-state index in [-0.39, 0.29) is 17.0 Å². The van der Waals surface area contributed by atoms with Crippen LogP contribution in [0, 0.1) is 0 Å². The van der Waals surface area contributed by atoms with Crippen molar-refractivity contribution in [3.8, 4) is 0 Å². The molecule has 0 atom stereocenters. The molecule has 0 aromatic heterocycles. The number of carbonyl (C=O) groups is 2. The third-order valence-electron chi connectivity index (χ3n) is 0.957. The molecule has 0 bridgehead atoms. The van der Waals surface area contributed by atoms with Crippen molar-refractivity contribution in [2.75, 3.05) is 0 Å². The van der Waals surface area contributed by atoms with Gasteiger partial charge in [0.2, 0.25) is 0 Å². The Labute approximate surface area is 94.6 Å². The van der Waals surface area contributed by atoms with Crippen LogP contribution in [0.5, 0.6) is 0 Å². The van der Waals surface area contributed by atoms with E-state index in [0.717, 1.165) is 0 Å². The molecule has 15 heavy (non-hydrogen) atoms. The van der Waals surface area contributed by atoms with Gasteiger partial charge in [0.25, 0.3) is 0 Å². The lowest BCUT2D eigenvalue weighted by molar-refractivity contribution is -0.115. The Morgan fingerprint density at radius 3 is 0.933 bits per heavy atom. The van der Waals surface area contributed by atoms with Crippen LogP contribution in [0.15, 0.2) is 0 Å². The SMILES string of the molecule is CC(C)=O.CC(C)=O.CCCCCC.O. The molecule has 0 aliphatic heterocycles. The second kappa shape index (κ2) is 23.3. The van der Waals surface area contributed by atoms with Crippen LogP contribution in [0.2, 0.25) is 0 Å². The van der Waals surface area contributed by atoms with Crippen molar-refractivity contribution in [3.63, 3.8) is 0 Å². The van der Waals surface area contributed by atoms with E-state index < -0.39 is 0 Å². The second-order valence-corrected chi connectivity index (χ2v) is 3.52. The largest absolute Gasteiger partial charge is 0.412 e. The lowest BCUT2D eigenvalue weighted by Crippen LogP contribution is -1.69. The molecule has 0 rings (SSSR count). The van der Waals surface area contributed by atoms with Gasteiger partial charge in [0.1, 0.15) is 11.6 Å². The summed E-state index contributed by atoms with van der Waals surface area (Å²) in [6.45, 7) is 10.6. The summed E-state index contributed by atoms with van der Waals surface area (Å²) in [5, 5.41) is 0. The summed E-state index contributed by atoms with van der Waals surface area (Å²) < 4.78 is 0. The average Bonchev–Trinajstić information content (AvgIpc) is 1.98. The Balaban J connectivity index is -0.0000000606. The molecule has 0 radical (unpaired) electrons. The molecule has 0 aromatic rings. The number of unbranched alkanes of at least 4 members (excludes halogenated alkanes) is 3. The zero-order valence-electron chi connectivity index (χ0n) is 11.1. The van der Waals surface area contributed by atoms with Crippen LogP contribution < -0.4 is 0 Å². The van der Waals surface area contributed by atoms with Crippen molar-refractivity contribution in [1.29, 1.82) is 0 Å². The van der Waals surface area contributed by atoms with E-state index in [0.29, 0.717) is 0 Å². The normalized spacial score (nSPS) is 7.07. The first kappa shape index (κ1) is 23.8. The van der Waals surface area contributed by atoms with Crippen molar-refractivity contribution in [3.05, 3.63) is 0 Å². The highest BCUT2D eigenvalue weighted by molar-refractivity contribution is 5.72. The minimum absolute atomic E-state index is 0. The maximum atomic E-state index is 9.44. The molecule has 3 nitrogen and oxygen atoms in total. The summed E-state index contributed by atoms with van der Waals surface area (Å²) in [6, 6.07) is 0. The molecule has 0 aliphatic rings. The summed E-state index contributed by atoms with van der Waals surface area (Å²) in [5.41, 5.74) is 0. The molecule has 0 fully saturated rings. The average molecular weight is 220 g/mol. The van der Waals surface area contributed by atoms with E-state index in [1.165, 1.54) is 53.4 Å². The van der Waals surface area contributed by atoms with E-state index >= 15 is 0 Å². The van der Waals surface area contributed by atoms with Gasteiger partial charge in [-0.3, -0.25) is 0 Å². The molecule has 0 spiro atoms. The number of carbonyl (C=O) groups excluding carboxylic acids is 2. The number of ketones is 2. The Kier molecular flexibility index (Phi) is 37.0. The standard InChI is InChI=1S/C6H14.2C3H6O.H2O/c1-3-5-6-4-2;2*1-3(2)4;/h3-6H2,1-2H3;2*1-2H3;1H2. The van der Waals surface area contributed by atoms with E-state index in [1.54, 1.807) is 0 Å². The first-order chi connectivity index (χ1) is 6.38. The first-order valence-electron chi connectivity index (χ1n) is 5.32. The number of hydrogen-bond acceptors (Lipinski definition) is 2. The molecule has 0 aromatic carbocycles. The molecule has 0 amide bonds. The molecule has 94 valence electrons. The molecule has 3 heteroatoms. The van der Waals surface area contributed by atoms with Gasteiger partial charge in [0, 0.05) is 0 Å². The number of hydrogen-bond donors (Lipinski definition) is 0. The van der Waals surface area contributed by atoms with Crippen molar-refractivity contribution in [1.82, 2.24) is 0 Å². The zero-order valence-corrected chi connectivity index (χ0v) is 11.1. The number of Topliss-reactive ketones (excluding diaryl/α,β-unsaturated/α-hetero) is 2. The highest BCUT2D eigenvalue weighted by atomic mass is 16.1. The van der Waals surface area contributed by atoms with Gasteiger partial charge in [-0.15, -0.1) is 0 Å². The van der Waals surface area contributed by atoms with Crippen LogP contribution >= 0.6 is 0 Å². The van der Waals surface area contributed by atoms with Crippen LogP contribution in [-0.2, 0) is 9.59 Å². The third-order valence-corrected chi connectivity index (χ3v) is 0.957. The summed E-state index contributed by atoms with van der Waals surface area (Å²) in [4.78, 5) is 18.9. The van der Waals surface area contributed by atoms with Gasteiger partial charge in [0.05, 0.1) is 0 Å². The summed E-state index contributed by atoms with van der Waals surface area (Å²) in [5.74, 6) is 0.333. The predicted molar refractivity (Wildman–Crippen MR) is 66.1 cm³/mol. The fraction of sp³-hybridized carbons (Fsp3) is 0.833. The topological polar surface area (TPSA) is 65.6 Å². The van der Waals surface area contributed by atoms with E-state index in [1.807, 2.05) is 0 Å².